The second-order valence-corrected chi connectivity index (χ2v) is 6.98. The number of halogens is 1. The molecule has 0 saturated heterocycles. The van der Waals surface area contributed by atoms with Crippen LogP contribution in [0.25, 0.3) is 22.0 Å². The molecular formula is C22H21FN2O3. The lowest BCUT2D eigenvalue weighted by atomic mass is 10.0. The average Bonchev–Trinajstić information content (AvgIpc) is 3.54. The van der Waals surface area contributed by atoms with Crippen molar-refractivity contribution in [3.8, 4) is 11.1 Å². The Morgan fingerprint density at radius 3 is 2.57 bits per heavy atom. The van der Waals surface area contributed by atoms with Gasteiger partial charge in [0.2, 0.25) is 5.43 Å². The van der Waals surface area contributed by atoms with Gasteiger partial charge in [-0.05, 0) is 43.0 Å². The lowest BCUT2D eigenvalue weighted by molar-refractivity contribution is 0.0524. The maximum absolute atomic E-state index is 14.9. The van der Waals surface area contributed by atoms with Crippen molar-refractivity contribution in [1.82, 2.24) is 4.57 Å². The van der Waals surface area contributed by atoms with Crippen LogP contribution in [0.3, 0.4) is 0 Å². The van der Waals surface area contributed by atoms with E-state index in [-0.39, 0.29) is 23.6 Å². The molecule has 1 aromatic heterocycles. The van der Waals surface area contributed by atoms with E-state index in [0.717, 1.165) is 18.4 Å². The van der Waals surface area contributed by atoms with E-state index in [2.05, 4.69) is 0 Å². The van der Waals surface area contributed by atoms with Crippen LogP contribution in [-0.4, -0.2) is 17.1 Å². The first kappa shape index (κ1) is 18.4. The summed E-state index contributed by atoms with van der Waals surface area (Å²) in [7, 11) is 0. The molecule has 0 unspecified atom stereocenters. The Bertz CT molecular complexity index is 1120. The van der Waals surface area contributed by atoms with Crippen LogP contribution in [0.5, 0.6) is 0 Å². The zero-order chi connectivity index (χ0) is 19.8. The van der Waals surface area contributed by atoms with Crippen LogP contribution >= 0.6 is 0 Å². The summed E-state index contributed by atoms with van der Waals surface area (Å²) in [5, 5.41) is 0.192. The molecule has 2 aromatic carbocycles. The van der Waals surface area contributed by atoms with Crippen molar-refractivity contribution in [2.24, 2.45) is 5.73 Å². The monoisotopic (exact) mass is 380 g/mol. The fourth-order valence-electron chi connectivity index (χ4n) is 3.42. The highest BCUT2D eigenvalue weighted by Crippen LogP contribution is 2.38. The third-order valence-corrected chi connectivity index (χ3v) is 5.06. The number of carbonyl (C=O) groups is 1. The second-order valence-electron chi connectivity index (χ2n) is 6.98. The van der Waals surface area contributed by atoms with E-state index < -0.39 is 17.2 Å². The van der Waals surface area contributed by atoms with Crippen LogP contribution in [0.15, 0.2) is 47.4 Å². The molecule has 1 saturated carbocycles. The summed E-state index contributed by atoms with van der Waals surface area (Å²) in [5.74, 6) is -1.18. The minimum absolute atomic E-state index is 0.0549. The minimum atomic E-state index is -0.675. The van der Waals surface area contributed by atoms with Crippen molar-refractivity contribution in [2.45, 2.75) is 32.4 Å². The minimum Gasteiger partial charge on any atom is -0.462 e. The molecule has 4 rings (SSSR count). The Morgan fingerprint density at radius 2 is 1.96 bits per heavy atom. The van der Waals surface area contributed by atoms with E-state index in [4.69, 9.17) is 10.5 Å². The molecule has 0 spiro atoms. The Labute approximate surface area is 161 Å². The summed E-state index contributed by atoms with van der Waals surface area (Å²) >= 11 is 0. The fraction of sp³-hybridized carbons (Fsp3) is 0.273. The third kappa shape index (κ3) is 3.20. The van der Waals surface area contributed by atoms with Gasteiger partial charge in [-0.15, -0.1) is 0 Å². The maximum Gasteiger partial charge on any atom is 0.343 e. The number of hydrogen-bond acceptors (Lipinski definition) is 4. The van der Waals surface area contributed by atoms with Crippen molar-refractivity contribution in [3.05, 3.63) is 69.8 Å². The van der Waals surface area contributed by atoms with Crippen molar-refractivity contribution in [1.29, 1.82) is 0 Å². The van der Waals surface area contributed by atoms with Crippen LogP contribution in [0, 0.1) is 5.82 Å². The topological polar surface area (TPSA) is 74.3 Å². The largest absolute Gasteiger partial charge is 0.462 e. The van der Waals surface area contributed by atoms with E-state index in [1.165, 1.54) is 6.07 Å². The molecule has 1 fully saturated rings. The molecule has 1 aliphatic carbocycles. The number of esters is 1. The molecule has 2 N–H and O–H groups in total. The van der Waals surface area contributed by atoms with Crippen LogP contribution in [0.1, 0.15) is 41.7 Å². The first-order chi connectivity index (χ1) is 13.5. The van der Waals surface area contributed by atoms with Gasteiger partial charge in [-0.1, -0.05) is 24.3 Å². The van der Waals surface area contributed by atoms with E-state index in [9.17, 15) is 14.0 Å². The van der Waals surface area contributed by atoms with Gasteiger partial charge in [-0.2, -0.15) is 0 Å². The van der Waals surface area contributed by atoms with Gasteiger partial charge in [0.15, 0.2) is 0 Å². The van der Waals surface area contributed by atoms with Crippen molar-refractivity contribution in [2.75, 3.05) is 6.61 Å². The number of ether oxygens (including phenoxy) is 1. The zero-order valence-corrected chi connectivity index (χ0v) is 15.6. The Balaban J connectivity index is 1.93. The van der Waals surface area contributed by atoms with Crippen LogP contribution < -0.4 is 11.2 Å². The SMILES string of the molecule is CCOC(=O)c1cn(C2CC2)c2cc(-c3ccc(CN)cc3)c(F)cc2c1=O. The molecule has 6 heteroatoms. The van der Waals surface area contributed by atoms with Gasteiger partial charge in [-0.25, -0.2) is 9.18 Å². The fourth-order valence-corrected chi connectivity index (χ4v) is 3.42. The molecule has 144 valence electrons. The molecule has 1 heterocycles. The lowest BCUT2D eigenvalue weighted by Crippen LogP contribution is -2.21. The number of fused-ring (bicyclic) bond motifs is 1. The highest BCUT2D eigenvalue weighted by atomic mass is 19.1. The van der Waals surface area contributed by atoms with Gasteiger partial charge >= 0.3 is 5.97 Å². The van der Waals surface area contributed by atoms with Gasteiger partial charge < -0.3 is 15.0 Å². The zero-order valence-electron chi connectivity index (χ0n) is 15.6. The highest BCUT2D eigenvalue weighted by molar-refractivity contribution is 5.95. The number of nitrogens with two attached hydrogens (primary N) is 1. The van der Waals surface area contributed by atoms with Crippen LogP contribution in [0.4, 0.5) is 4.39 Å². The normalized spacial score (nSPS) is 13.7. The number of benzene rings is 2. The number of rotatable bonds is 5. The van der Waals surface area contributed by atoms with E-state index in [1.54, 1.807) is 19.2 Å². The number of carbonyl (C=O) groups excluding carboxylic acids is 1. The van der Waals surface area contributed by atoms with E-state index in [0.29, 0.717) is 23.2 Å². The summed E-state index contributed by atoms with van der Waals surface area (Å²) in [6.45, 7) is 2.27. The maximum atomic E-state index is 14.9. The Hall–Kier alpha value is -2.99. The van der Waals surface area contributed by atoms with E-state index in [1.807, 2.05) is 28.8 Å². The van der Waals surface area contributed by atoms with Gasteiger partial charge in [0.05, 0.1) is 12.1 Å². The van der Waals surface area contributed by atoms with E-state index >= 15 is 0 Å². The van der Waals surface area contributed by atoms with Crippen molar-refractivity contribution >= 4 is 16.9 Å². The van der Waals surface area contributed by atoms with Crippen LogP contribution in [-0.2, 0) is 11.3 Å². The van der Waals surface area contributed by atoms with Gasteiger partial charge in [-0.3, -0.25) is 4.79 Å². The predicted molar refractivity (Wildman–Crippen MR) is 106 cm³/mol. The molecule has 0 bridgehead atoms. The van der Waals surface area contributed by atoms with Crippen LogP contribution in [0.2, 0.25) is 0 Å². The van der Waals surface area contributed by atoms with Crippen molar-refractivity contribution < 1.29 is 13.9 Å². The first-order valence-electron chi connectivity index (χ1n) is 9.38. The van der Waals surface area contributed by atoms with Gasteiger partial charge in [0, 0.05) is 29.7 Å². The molecule has 1 aliphatic rings. The molecule has 3 aromatic rings. The average molecular weight is 380 g/mol. The van der Waals surface area contributed by atoms with Gasteiger partial charge in [0.25, 0.3) is 0 Å². The summed E-state index contributed by atoms with van der Waals surface area (Å²) < 4.78 is 21.8. The molecular weight excluding hydrogens is 359 g/mol. The Morgan fingerprint density at radius 1 is 1.25 bits per heavy atom. The predicted octanol–water partition coefficient (Wildman–Crippen LogP) is 3.78. The quantitative estimate of drug-likeness (QED) is 0.684. The lowest BCUT2D eigenvalue weighted by Gasteiger charge is -2.14. The number of pyridine rings is 1. The number of aromatic nitrogens is 1. The second kappa shape index (κ2) is 7.20. The summed E-state index contributed by atoms with van der Waals surface area (Å²) in [6.07, 6.45) is 3.47. The van der Waals surface area contributed by atoms with Crippen molar-refractivity contribution in [3.63, 3.8) is 0 Å². The third-order valence-electron chi connectivity index (χ3n) is 5.06. The standard InChI is InChI=1S/C22H21FN2O3/c1-2-28-22(27)18-12-25(15-7-8-15)20-10-16(19(23)9-17(20)21(18)26)14-5-3-13(11-24)4-6-14/h3-6,9-10,12,15H,2,7-8,11,24H2,1H3. The summed E-state index contributed by atoms with van der Waals surface area (Å²) in [5.41, 5.74) is 7.77. The molecule has 0 atom stereocenters. The smallest absolute Gasteiger partial charge is 0.343 e. The molecule has 0 radical (unpaired) electrons. The highest BCUT2D eigenvalue weighted by Gasteiger charge is 2.28. The number of nitrogens with zero attached hydrogens (tertiary/aromatic N) is 1. The molecule has 28 heavy (non-hydrogen) atoms. The summed E-state index contributed by atoms with van der Waals surface area (Å²) in [4.78, 5) is 25.0. The molecule has 0 amide bonds. The number of hydrogen-bond donors (Lipinski definition) is 1. The van der Waals surface area contributed by atoms with Gasteiger partial charge in [0.1, 0.15) is 11.4 Å². The first-order valence-corrected chi connectivity index (χ1v) is 9.38. The molecule has 5 nitrogen and oxygen atoms in total. The summed E-state index contributed by atoms with van der Waals surface area (Å²) in [6, 6.07) is 10.5. The Kier molecular flexibility index (Phi) is 4.73. The molecule has 0 aliphatic heterocycles.